The second kappa shape index (κ2) is 7.24. The van der Waals surface area contributed by atoms with E-state index in [0.29, 0.717) is 6.61 Å². The van der Waals surface area contributed by atoms with Crippen molar-refractivity contribution in [3.63, 3.8) is 0 Å². The molecule has 136 valence electrons. The van der Waals surface area contributed by atoms with Crippen molar-refractivity contribution in [3.05, 3.63) is 72.3 Å². The zero-order valence-corrected chi connectivity index (χ0v) is 15.7. The van der Waals surface area contributed by atoms with Crippen LogP contribution in [0.2, 0.25) is 0 Å². The predicted molar refractivity (Wildman–Crippen MR) is 105 cm³/mol. The average Bonchev–Trinajstić information content (AvgIpc) is 2.66. The summed E-state index contributed by atoms with van der Waals surface area (Å²) in [4.78, 5) is 15.2. The fourth-order valence-corrected chi connectivity index (χ4v) is 3.70. The van der Waals surface area contributed by atoms with E-state index in [1.165, 1.54) is 0 Å². The van der Waals surface area contributed by atoms with Gasteiger partial charge >= 0.3 is 0 Å². The molecule has 2 aromatic carbocycles. The Morgan fingerprint density at radius 1 is 1.19 bits per heavy atom. The van der Waals surface area contributed by atoms with Crippen LogP contribution < -0.4 is 10.1 Å². The average molecular weight is 350 g/mol. The van der Waals surface area contributed by atoms with E-state index in [9.17, 15) is 4.79 Å². The first kappa shape index (κ1) is 18.1. The van der Waals surface area contributed by atoms with Gasteiger partial charge in [0.1, 0.15) is 18.0 Å². The van der Waals surface area contributed by atoms with Crippen LogP contribution in [0.15, 0.2) is 61.2 Å². The number of benzene rings is 2. The first-order valence-electron chi connectivity index (χ1n) is 9.08. The number of nitrogens with zero attached hydrogens (tertiary/aromatic N) is 1. The molecule has 4 heteroatoms. The standard InChI is InChI=1S/C22H26N2O2/c1-5-15-26-18-13-11-17(12-14-18)22(6-2)23-20-10-8-7-9-19(20)21(25)24(22)16(3)4/h5,7-14,16,23H,1,6,15H2,2-4H3. The first-order chi connectivity index (χ1) is 12.5. The van der Waals surface area contributed by atoms with E-state index >= 15 is 0 Å². The van der Waals surface area contributed by atoms with Gasteiger partial charge in [-0.15, -0.1) is 0 Å². The van der Waals surface area contributed by atoms with Gasteiger partial charge < -0.3 is 15.0 Å². The molecule has 4 nitrogen and oxygen atoms in total. The van der Waals surface area contributed by atoms with Crippen molar-refractivity contribution in [2.45, 2.75) is 38.9 Å². The molecular formula is C22H26N2O2. The van der Waals surface area contributed by atoms with E-state index in [4.69, 9.17) is 4.74 Å². The third-order valence-corrected chi connectivity index (χ3v) is 4.86. The number of rotatable bonds is 6. The van der Waals surface area contributed by atoms with Crippen LogP contribution in [0.5, 0.6) is 5.75 Å². The van der Waals surface area contributed by atoms with Crippen molar-refractivity contribution in [2.75, 3.05) is 11.9 Å². The molecule has 0 bridgehead atoms. The Kier molecular flexibility index (Phi) is 5.03. The lowest BCUT2D eigenvalue weighted by Crippen LogP contribution is -2.59. The molecule has 1 heterocycles. The zero-order valence-electron chi connectivity index (χ0n) is 15.7. The summed E-state index contributed by atoms with van der Waals surface area (Å²) in [6, 6.07) is 15.7. The van der Waals surface area contributed by atoms with E-state index in [2.05, 4.69) is 32.7 Å². The van der Waals surface area contributed by atoms with Crippen molar-refractivity contribution < 1.29 is 9.53 Å². The number of hydrogen-bond acceptors (Lipinski definition) is 3. The van der Waals surface area contributed by atoms with Crippen LogP contribution in [0, 0.1) is 0 Å². The number of carbonyl (C=O) groups is 1. The highest BCUT2D eigenvalue weighted by Crippen LogP contribution is 2.41. The normalized spacial score (nSPS) is 19.1. The maximum Gasteiger partial charge on any atom is 0.258 e. The van der Waals surface area contributed by atoms with E-state index in [-0.39, 0.29) is 11.9 Å². The Morgan fingerprint density at radius 3 is 2.50 bits per heavy atom. The van der Waals surface area contributed by atoms with Crippen molar-refractivity contribution in [3.8, 4) is 5.75 Å². The lowest BCUT2D eigenvalue weighted by atomic mass is 9.88. The zero-order chi connectivity index (χ0) is 18.7. The van der Waals surface area contributed by atoms with Gasteiger partial charge in [0.2, 0.25) is 0 Å². The minimum absolute atomic E-state index is 0.0556. The molecule has 26 heavy (non-hydrogen) atoms. The molecule has 0 saturated heterocycles. The molecule has 0 aromatic heterocycles. The minimum atomic E-state index is -0.587. The molecule has 1 aliphatic heterocycles. The van der Waals surface area contributed by atoms with Gasteiger partial charge in [-0.3, -0.25) is 4.79 Å². The van der Waals surface area contributed by atoms with Gasteiger partial charge in [-0.2, -0.15) is 0 Å². The monoisotopic (exact) mass is 350 g/mol. The lowest BCUT2D eigenvalue weighted by Gasteiger charge is -2.50. The highest BCUT2D eigenvalue weighted by Gasteiger charge is 2.45. The van der Waals surface area contributed by atoms with Crippen LogP contribution in [0.25, 0.3) is 0 Å². The van der Waals surface area contributed by atoms with Crippen molar-refractivity contribution in [1.29, 1.82) is 0 Å². The van der Waals surface area contributed by atoms with Crippen LogP contribution in [0.1, 0.15) is 43.1 Å². The molecule has 0 spiro atoms. The molecule has 2 aromatic rings. The Hall–Kier alpha value is -2.75. The second-order valence-corrected chi connectivity index (χ2v) is 6.78. The van der Waals surface area contributed by atoms with Crippen LogP contribution in [-0.2, 0) is 5.66 Å². The molecule has 0 aliphatic carbocycles. The summed E-state index contributed by atoms with van der Waals surface area (Å²) in [7, 11) is 0. The number of fused-ring (bicyclic) bond motifs is 1. The smallest absolute Gasteiger partial charge is 0.258 e. The third kappa shape index (κ3) is 2.96. The number of carbonyl (C=O) groups excluding carboxylic acids is 1. The minimum Gasteiger partial charge on any atom is -0.490 e. The van der Waals surface area contributed by atoms with E-state index in [0.717, 1.165) is 29.0 Å². The largest absolute Gasteiger partial charge is 0.490 e. The van der Waals surface area contributed by atoms with Crippen LogP contribution >= 0.6 is 0 Å². The van der Waals surface area contributed by atoms with E-state index < -0.39 is 5.66 Å². The van der Waals surface area contributed by atoms with Crippen molar-refractivity contribution in [1.82, 2.24) is 4.90 Å². The number of nitrogens with one attached hydrogen (secondary N) is 1. The molecule has 1 atom stereocenters. The Bertz CT molecular complexity index is 798. The number of anilines is 1. The molecule has 0 radical (unpaired) electrons. The second-order valence-electron chi connectivity index (χ2n) is 6.78. The first-order valence-corrected chi connectivity index (χ1v) is 9.08. The van der Waals surface area contributed by atoms with Crippen molar-refractivity contribution in [2.24, 2.45) is 0 Å². The molecule has 0 fully saturated rings. The van der Waals surface area contributed by atoms with Crippen LogP contribution in [-0.4, -0.2) is 23.5 Å². The number of hydrogen-bond donors (Lipinski definition) is 1. The maximum absolute atomic E-state index is 13.3. The lowest BCUT2D eigenvalue weighted by molar-refractivity contribution is 0.0371. The van der Waals surface area contributed by atoms with Crippen LogP contribution in [0.3, 0.4) is 0 Å². The SMILES string of the molecule is C=CCOc1ccc(C2(CC)Nc3ccccc3C(=O)N2C(C)C)cc1. The number of para-hydroxylation sites is 1. The molecule has 1 amide bonds. The van der Waals surface area contributed by atoms with Gasteiger partial charge in [0, 0.05) is 11.7 Å². The topological polar surface area (TPSA) is 41.6 Å². The maximum atomic E-state index is 13.3. The highest BCUT2D eigenvalue weighted by molar-refractivity contribution is 6.02. The quantitative estimate of drug-likeness (QED) is 0.762. The Labute approximate surface area is 155 Å². The molecule has 1 N–H and O–H groups in total. The van der Waals surface area contributed by atoms with Gasteiger partial charge in [0.05, 0.1) is 5.56 Å². The van der Waals surface area contributed by atoms with Gasteiger partial charge in [-0.1, -0.05) is 43.8 Å². The summed E-state index contributed by atoms with van der Waals surface area (Å²) >= 11 is 0. The summed E-state index contributed by atoms with van der Waals surface area (Å²) in [6.07, 6.45) is 2.47. The van der Waals surface area contributed by atoms with Crippen molar-refractivity contribution >= 4 is 11.6 Å². The molecule has 3 rings (SSSR count). The molecule has 1 unspecified atom stereocenters. The Morgan fingerprint density at radius 2 is 1.88 bits per heavy atom. The fourth-order valence-electron chi connectivity index (χ4n) is 3.70. The summed E-state index contributed by atoms with van der Waals surface area (Å²) in [6.45, 7) is 10.4. The Balaban J connectivity index is 2.08. The van der Waals surface area contributed by atoms with E-state index in [1.807, 2.05) is 53.4 Å². The summed E-state index contributed by atoms with van der Waals surface area (Å²) in [5, 5.41) is 3.65. The summed E-state index contributed by atoms with van der Waals surface area (Å²) in [5.41, 5.74) is 2.05. The fraction of sp³-hybridized carbons (Fsp3) is 0.318. The number of amides is 1. The molecule has 0 saturated carbocycles. The molecular weight excluding hydrogens is 324 g/mol. The predicted octanol–water partition coefficient (Wildman–Crippen LogP) is 4.79. The van der Waals surface area contributed by atoms with E-state index in [1.54, 1.807) is 6.08 Å². The summed E-state index contributed by atoms with van der Waals surface area (Å²) in [5.74, 6) is 0.849. The third-order valence-electron chi connectivity index (χ3n) is 4.86. The van der Waals surface area contributed by atoms with Gasteiger partial charge in [-0.05, 0) is 50.1 Å². The highest BCUT2D eigenvalue weighted by atomic mass is 16.5. The molecule has 1 aliphatic rings. The van der Waals surface area contributed by atoms with Gasteiger partial charge in [-0.25, -0.2) is 0 Å². The van der Waals surface area contributed by atoms with Crippen LogP contribution in [0.4, 0.5) is 5.69 Å². The number of ether oxygens (including phenoxy) is 1. The van der Waals surface area contributed by atoms with Gasteiger partial charge in [0.15, 0.2) is 0 Å². The summed E-state index contributed by atoms with van der Waals surface area (Å²) < 4.78 is 5.60. The van der Waals surface area contributed by atoms with Gasteiger partial charge in [0.25, 0.3) is 5.91 Å².